The lowest BCUT2D eigenvalue weighted by Gasteiger charge is -2.01. The van der Waals surface area contributed by atoms with Crippen molar-refractivity contribution in [1.29, 1.82) is 0 Å². The fourth-order valence-electron chi connectivity index (χ4n) is 2.16. The van der Waals surface area contributed by atoms with Crippen molar-refractivity contribution < 1.29 is 4.79 Å². The van der Waals surface area contributed by atoms with E-state index in [4.69, 9.17) is 0 Å². The molecule has 1 amide bonds. The maximum Gasteiger partial charge on any atom is 0.270 e. The van der Waals surface area contributed by atoms with Crippen LogP contribution in [0.1, 0.15) is 16.2 Å². The van der Waals surface area contributed by atoms with Crippen LogP contribution in [0.25, 0.3) is 11.3 Å². The first-order valence-electron chi connectivity index (χ1n) is 6.86. The number of amides is 1. The summed E-state index contributed by atoms with van der Waals surface area (Å²) in [4.78, 5) is 20.0. The number of rotatable bonds is 4. The maximum atomic E-state index is 12.0. The number of pyridine rings is 2. The molecule has 0 atom stereocenters. The molecule has 110 valence electrons. The summed E-state index contributed by atoms with van der Waals surface area (Å²) in [6.45, 7) is 0.355. The minimum Gasteiger partial charge on any atom is -0.345 e. The summed E-state index contributed by atoms with van der Waals surface area (Å²) >= 11 is 0. The van der Waals surface area contributed by atoms with Crippen LogP contribution in [-0.2, 0) is 13.6 Å². The number of aromatic nitrogens is 4. The summed E-state index contributed by atoms with van der Waals surface area (Å²) in [5.74, 6) is -0.211. The maximum absolute atomic E-state index is 12.0. The molecule has 3 aromatic heterocycles. The summed E-state index contributed by atoms with van der Waals surface area (Å²) in [5, 5.41) is 7.23. The molecule has 1 N–H and O–H groups in total. The lowest BCUT2D eigenvalue weighted by atomic mass is 10.2. The van der Waals surface area contributed by atoms with E-state index in [0.717, 1.165) is 17.0 Å². The molecule has 0 saturated heterocycles. The van der Waals surface area contributed by atoms with E-state index in [1.54, 1.807) is 41.5 Å². The summed E-state index contributed by atoms with van der Waals surface area (Å²) in [5.41, 5.74) is 3.20. The quantitative estimate of drug-likeness (QED) is 0.796. The average molecular weight is 293 g/mol. The van der Waals surface area contributed by atoms with E-state index in [1.165, 1.54) is 0 Å². The number of hydrogen-bond acceptors (Lipinski definition) is 4. The molecule has 3 rings (SSSR count). The van der Waals surface area contributed by atoms with E-state index < -0.39 is 0 Å². The topological polar surface area (TPSA) is 72.7 Å². The van der Waals surface area contributed by atoms with Gasteiger partial charge in [0.25, 0.3) is 5.91 Å². The second-order valence-corrected chi connectivity index (χ2v) is 4.78. The van der Waals surface area contributed by atoms with Crippen molar-refractivity contribution in [1.82, 2.24) is 25.1 Å². The van der Waals surface area contributed by atoms with Crippen LogP contribution in [0, 0.1) is 0 Å². The molecule has 0 radical (unpaired) electrons. The Bertz CT molecular complexity index is 768. The monoisotopic (exact) mass is 293 g/mol. The summed E-state index contributed by atoms with van der Waals surface area (Å²) in [7, 11) is 1.87. The van der Waals surface area contributed by atoms with Crippen LogP contribution in [0.5, 0.6) is 0 Å². The van der Waals surface area contributed by atoms with Gasteiger partial charge in [0.1, 0.15) is 5.69 Å². The lowest BCUT2D eigenvalue weighted by Crippen LogP contribution is -2.23. The minimum absolute atomic E-state index is 0.211. The zero-order valence-electron chi connectivity index (χ0n) is 12.1. The Morgan fingerprint density at radius 3 is 2.73 bits per heavy atom. The Morgan fingerprint density at radius 1 is 1.18 bits per heavy atom. The van der Waals surface area contributed by atoms with E-state index in [-0.39, 0.29) is 5.91 Å². The van der Waals surface area contributed by atoms with E-state index in [2.05, 4.69) is 20.4 Å². The molecule has 0 bridgehead atoms. The van der Waals surface area contributed by atoms with Crippen molar-refractivity contribution >= 4 is 5.91 Å². The zero-order valence-corrected chi connectivity index (χ0v) is 12.1. The number of hydrogen-bond donors (Lipinski definition) is 1. The highest BCUT2D eigenvalue weighted by atomic mass is 16.1. The van der Waals surface area contributed by atoms with Crippen LogP contribution < -0.4 is 5.32 Å². The van der Waals surface area contributed by atoms with Crippen LogP contribution >= 0.6 is 0 Å². The molecule has 0 aliphatic carbocycles. The van der Waals surface area contributed by atoms with Crippen molar-refractivity contribution in [2.24, 2.45) is 7.05 Å². The average Bonchev–Trinajstić information content (AvgIpc) is 2.95. The van der Waals surface area contributed by atoms with Gasteiger partial charge in [-0.2, -0.15) is 5.10 Å². The summed E-state index contributed by atoms with van der Waals surface area (Å²) < 4.78 is 1.79. The number of nitrogens with one attached hydrogen (secondary N) is 1. The summed E-state index contributed by atoms with van der Waals surface area (Å²) in [6, 6.07) is 11.0. The van der Waals surface area contributed by atoms with E-state index >= 15 is 0 Å². The fourth-order valence-corrected chi connectivity index (χ4v) is 2.16. The Labute approximate surface area is 127 Å². The molecular weight excluding hydrogens is 278 g/mol. The fraction of sp³-hybridized carbons (Fsp3) is 0.125. The predicted molar refractivity (Wildman–Crippen MR) is 81.8 cm³/mol. The number of aryl methyl sites for hydroxylation is 1. The standard InChI is InChI=1S/C16H15N5O/c1-21-15(12-5-8-17-9-6-12)10-13(20-21)11-19-16(22)14-4-2-3-7-18-14/h2-10H,11H2,1H3,(H,19,22). The Hall–Kier alpha value is -3.02. The molecular formula is C16H15N5O. The molecule has 6 heteroatoms. The molecule has 6 nitrogen and oxygen atoms in total. The molecule has 0 aliphatic rings. The van der Waals surface area contributed by atoms with Crippen LogP contribution in [0.2, 0.25) is 0 Å². The van der Waals surface area contributed by atoms with Crippen molar-refractivity contribution in [2.75, 3.05) is 0 Å². The smallest absolute Gasteiger partial charge is 0.270 e. The normalized spacial score (nSPS) is 10.4. The van der Waals surface area contributed by atoms with Gasteiger partial charge in [-0.3, -0.25) is 19.4 Å². The van der Waals surface area contributed by atoms with E-state index in [9.17, 15) is 4.79 Å². The molecule has 0 spiro atoms. The molecule has 3 aromatic rings. The Balaban J connectivity index is 1.71. The zero-order chi connectivity index (χ0) is 15.4. The molecule has 0 saturated carbocycles. The molecule has 0 aromatic carbocycles. The van der Waals surface area contributed by atoms with Gasteiger partial charge < -0.3 is 5.32 Å². The SMILES string of the molecule is Cn1nc(CNC(=O)c2ccccn2)cc1-c1ccncc1. The first-order valence-corrected chi connectivity index (χ1v) is 6.86. The highest BCUT2D eigenvalue weighted by Crippen LogP contribution is 2.18. The molecule has 0 unspecified atom stereocenters. The molecule has 0 fully saturated rings. The van der Waals surface area contributed by atoms with E-state index in [1.807, 2.05) is 25.2 Å². The first kappa shape index (κ1) is 13.9. The first-order chi connectivity index (χ1) is 10.7. The third-order valence-electron chi connectivity index (χ3n) is 3.23. The van der Waals surface area contributed by atoms with Gasteiger partial charge in [-0.1, -0.05) is 6.07 Å². The third-order valence-corrected chi connectivity index (χ3v) is 3.23. The number of nitrogens with zero attached hydrogens (tertiary/aromatic N) is 4. The third kappa shape index (κ3) is 3.01. The molecule has 0 aliphatic heterocycles. The van der Waals surface area contributed by atoms with Gasteiger partial charge in [-0.25, -0.2) is 0 Å². The summed E-state index contributed by atoms with van der Waals surface area (Å²) in [6.07, 6.45) is 5.08. The van der Waals surface area contributed by atoms with Crippen molar-refractivity contribution in [3.05, 3.63) is 66.4 Å². The van der Waals surface area contributed by atoms with Crippen molar-refractivity contribution in [3.63, 3.8) is 0 Å². The Kier molecular flexibility index (Phi) is 3.91. The van der Waals surface area contributed by atoms with Gasteiger partial charge in [-0.05, 0) is 30.3 Å². The minimum atomic E-state index is -0.211. The lowest BCUT2D eigenvalue weighted by molar-refractivity contribution is 0.0945. The van der Waals surface area contributed by atoms with Gasteiger partial charge in [0.2, 0.25) is 0 Å². The van der Waals surface area contributed by atoms with Crippen LogP contribution in [0.4, 0.5) is 0 Å². The van der Waals surface area contributed by atoms with Gasteiger partial charge in [-0.15, -0.1) is 0 Å². The van der Waals surface area contributed by atoms with E-state index in [0.29, 0.717) is 12.2 Å². The van der Waals surface area contributed by atoms with Gasteiger partial charge >= 0.3 is 0 Å². The van der Waals surface area contributed by atoms with Crippen molar-refractivity contribution in [2.45, 2.75) is 6.54 Å². The van der Waals surface area contributed by atoms with Crippen LogP contribution in [0.15, 0.2) is 55.0 Å². The second-order valence-electron chi connectivity index (χ2n) is 4.78. The molecule has 22 heavy (non-hydrogen) atoms. The second kappa shape index (κ2) is 6.17. The predicted octanol–water partition coefficient (Wildman–Crippen LogP) is 1.81. The van der Waals surface area contributed by atoms with Gasteiger partial charge in [0, 0.05) is 31.2 Å². The molecule has 3 heterocycles. The van der Waals surface area contributed by atoms with Crippen LogP contribution in [0.3, 0.4) is 0 Å². The highest BCUT2D eigenvalue weighted by molar-refractivity contribution is 5.92. The van der Waals surface area contributed by atoms with Gasteiger partial charge in [0.15, 0.2) is 0 Å². The largest absolute Gasteiger partial charge is 0.345 e. The van der Waals surface area contributed by atoms with Crippen molar-refractivity contribution in [3.8, 4) is 11.3 Å². The number of carbonyl (C=O) groups excluding carboxylic acids is 1. The highest BCUT2D eigenvalue weighted by Gasteiger charge is 2.10. The van der Waals surface area contributed by atoms with Gasteiger partial charge in [0.05, 0.1) is 17.9 Å². The van der Waals surface area contributed by atoms with Crippen LogP contribution in [-0.4, -0.2) is 25.7 Å². The number of carbonyl (C=O) groups is 1. The Morgan fingerprint density at radius 2 is 2.00 bits per heavy atom.